The van der Waals surface area contributed by atoms with Crippen LogP contribution in [0.4, 0.5) is 0 Å². The first kappa shape index (κ1) is 31.7. The van der Waals surface area contributed by atoms with Crippen molar-refractivity contribution in [2.24, 2.45) is 11.8 Å². The number of aliphatic hydroxyl groups is 1. The molecule has 0 saturated carbocycles. The first-order valence-electron chi connectivity index (χ1n) is 15.6. The fourth-order valence-electron chi connectivity index (χ4n) is 5.86. The van der Waals surface area contributed by atoms with Crippen LogP contribution in [0.15, 0.2) is 103 Å². The number of hydrogen-bond donors (Lipinski definition) is 3. The fourth-order valence-corrected chi connectivity index (χ4v) is 5.86. The third kappa shape index (κ3) is 8.92. The van der Waals surface area contributed by atoms with E-state index in [1.165, 1.54) is 0 Å². The van der Waals surface area contributed by atoms with Crippen LogP contribution in [0.2, 0.25) is 0 Å². The molecule has 45 heavy (non-hydrogen) atoms. The molecule has 3 atom stereocenters. The van der Waals surface area contributed by atoms with Crippen molar-refractivity contribution < 1.29 is 24.2 Å². The maximum Gasteiger partial charge on any atom is 0.309 e. The Labute approximate surface area is 264 Å². The summed E-state index contributed by atoms with van der Waals surface area (Å²) in [6, 6.07) is 26.9. The van der Waals surface area contributed by atoms with Crippen molar-refractivity contribution in [3.8, 4) is 0 Å². The molecule has 4 aromatic rings. The number of amides is 2. The molecule has 0 aliphatic carbocycles. The molecular weight excluding hydrogens is 566 g/mol. The molecule has 0 unspecified atom stereocenters. The van der Waals surface area contributed by atoms with E-state index >= 15 is 0 Å². The number of carbonyl (C=O) groups excluding carboxylic acids is 3. The number of aromatic amines is 1. The fraction of sp³-hybridized carbons (Fsp3) is 0.324. The Hall–Kier alpha value is -4.69. The number of aliphatic hydroxyl groups excluding tert-OH is 1. The smallest absolute Gasteiger partial charge is 0.309 e. The lowest BCUT2D eigenvalue weighted by Gasteiger charge is -2.26. The van der Waals surface area contributed by atoms with Gasteiger partial charge >= 0.3 is 5.97 Å². The van der Waals surface area contributed by atoms with Crippen LogP contribution >= 0.6 is 0 Å². The largest absolute Gasteiger partial charge is 0.463 e. The van der Waals surface area contributed by atoms with Crippen molar-refractivity contribution in [1.82, 2.24) is 15.2 Å². The molecule has 0 fully saturated rings. The zero-order valence-electron chi connectivity index (χ0n) is 25.4. The topological polar surface area (TPSA) is 112 Å². The molecule has 1 aromatic heterocycles. The minimum atomic E-state index is -0.626. The second-order valence-electron chi connectivity index (χ2n) is 11.7. The van der Waals surface area contributed by atoms with Crippen molar-refractivity contribution in [1.29, 1.82) is 0 Å². The zero-order chi connectivity index (χ0) is 31.4. The summed E-state index contributed by atoms with van der Waals surface area (Å²) in [4.78, 5) is 45.5. The van der Waals surface area contributed by atoms with Gasteiger partial charge in [-0.15, -0.1) is 0 Å². The summed E-state index contributed by atoms with van der Waals surface area (Å²) in [5.41, 5.74) is 3.99. The molecule has 2 amide bonds. The number of benzene rings is 3. The summed E-state index contributed by atoms with van der Waals surface area (Å²) in [6.07, 6.45) is 7.54. The summed E-state index contributed by atoms with van der Waals surface area (Å²) < 4.78 is 5.87. The summed E-state index contributed by atoms with van der Waals surface area (Å²) >= 11 is 0. The number of para-hydroxylation sites is 1. The number of hydrogen-bond acceptors (Lipinski definition) is 5. The van der Waals surface area contributed by atoms with Crippen LogP contribution in [0.25, 0.3) is 10.9 Å². The first-order valence-corrected chi connectivity index (χ1v) is 15.6. The molecule has 3 N–H and O–H groups in total. The van der Waals surface area contributed by atoms with Gasteiger partial charge in [-0.25, -0.2) is 0 Å². The van der Waals surface area contributed by atoms with Crippen molar-refractivity contribution >= 4 is 28.7 Å². The van der Waals surface area contributed by atoms with Gasteiger partial charge in [0, 0.05) is 36.6 Å². The Morgan fingerprint density at radius 1 is 0.844 bits per heavy atom. The van der Waals surface area contributed by atoms with E-state index in [0.29, 0.717) is 32.2 Å². The van der Waals surface area contributed by atoms with E-state index in [1.807, 2.05) is 103 Å². The molecule has 234 valence electrons. The quantitative estimate of drug-likeness (QED) is 0.174. The molecule has 0 radical (unpaired) electrons. The van der Waals surface area contributed by atoms with Crippen molar-refractivity contribution in [3.05, 3.63) is 120 Å². The number of cyclic esters (lactones) is 1. The van der Waals surface area contributed by atoms with E-state index in [0.717, 1.165) is 27.6 Å². The van der Waals surface area contributed by atoms with Crippen molar-refractivity contribution in [2.45, 2.75) is 44.7 Å². The molecule has 2 heterocycles. The van der Waals surface area contributed by atoms with Gasteiger partial charge in [0.05, 0.1) is 24.5 Å². The van der Waals surface area contributed by atoms with Crippen LogP contribution in [0, 0.1) is 11.8 Å². The first-order chi connectivity index (χ1) is 22.0. The Morgan fingerprint density at radius 3 is 2.24 bits per heavy atom. The molecule has 0 saturated heterocycles. The molecule has 8 nitrogen and oxygen atoms in total. The van der Waals surface area contributed by atoms with E-state index in [2.05, 4.69) is 10.3 Å². The average Bonchev–Trinajstić information content (AvgIpc) is 3.47. The number of rotatable bonds is 10. The van der Waals surface area contributed by atoms with Gasteiger partial charge in [0.2, 0.25) is 11.8 Å². The molecule has 3 aromatic carbocycles. The van der Waals surface area contributed by atoms with Crippen LogP contribution in [0.3, 0.4) is 0 Å². The van der Waals surface area contributed by atoms with E-state index < -0.39 is 12.0 Å². The second-order valence-corrected chi connectivity index (χ2v) is 11.7. The minimum Gasteiger partial charge on any atom is -0.463 e. The molecule has 5 rings (SSSR count). The number of nitrogens with zero attached hydrogens (tertiary/aromatic N) is 1. The van der Waals surface area contributed by atoms with E-state index in [4.69, 9.17) is 4.74 Å². The SMILES string of the molecule is O=C1N[C@@H](Cc2c[nH]c3ccccc23)COC(=O)[C@H](Cc2ccccc2)CC=CC[C@@H]1CC(=O)N(CCO)Cc1ccccc1. The summed E-state index contributed by atoms with van der Waals surface area (Å²) in [5.74, 6) is -1.76. The Morgan fingerprint density at radius 2 is 1.51 bits per heavy atom. The van der Waals surface area contributed by atoms with Gasteiger partial charge in [0.15, 0.2) is 0 Å². The zero-order valence-corrected chi connectivity index (χ0v) is 25.4. The molecule has 0 bridgehead atoms. The molecular formula is C37H41N3O5. The lowest BCUT2D eigenvalue weighted by molar-refractivity contribution is -0.150. The lowest BCUT2D eigenvalue weighted by atomic mass is 9.94. The highest BCUT2D eigenvalue weighted by Crippen LogP contribution is 2.22. The highest BCUT2D eigenvalue weighted by molar-refractivity contribution is 5.87. The van der Waals surface area contributed by atoms with Gasteiger partial charge in [-0.3, -0.25) is 14.4 Å². The second kappa shape index (κ2) is 15.9. The number of carbonyl (C=O) groups is 3. The van der Waals surface area contributed by atoms with E-state index in [1.54, 1.807) is 4.90 Å². The number of nitrogens with one attached hydrogen (secondary N) is 2. The average molecular weight is 608 g/mol. The third-order valence-electron chi connectivity index (χ3n) is 8.31. The van der Waals surface area contributed by atoms with Gasteiger partial charge in [0.1, 0.15) is 6.61 Å². The molecule has 1 aliphatic rings. The van der Waals surface area contributed by atoms with Gasteiger partial charge in [-0.2, -0.15) is 0 Å². The number of aromatic nitrogens is 1. The van der Waals surface area contributed by atoms with Crippen LogP contribution in [0.1, 0.15) is 36.0 Å². The highest BCUT2D eigenvalue weighted by Gasteiger charge is 2.29. The Balaban J connectivity index is 1.37. The number of allylic oxidation sites excluding steroid dienone is 2. The maximum atomic E-state index is 13.8. The lowest BCUT2D eigenvalue weighted by Crippen LogP contribution is -2.45. The summed E-state index contributed by atoms with van der Waals surface area (Å²) in [5, 5.41) is 13.8. The number of H-pyrrole nitrogens is 1. The Kier molecular flexibility index (Phi) is 11.2. The van der Waals surface area contributed by atoms with E-state index in [-0.39, 0.29) is 49.9 Å². The normalized spacial score (nSPS) is 19.3. The number of esters is 1. The molecule has 1 aliphatic heterocycles. The Bertz CT molecular complexity index is 1580. The predicted molar refractivity (Wildman–Crippen MR) is 174 cm³/mol. The number of ether oxygens (including phenoxy) is 1. The standard InChI is InChI=1S/C37H41N3O5/c41-20-19-40(25-28-13-5-2-6-14-28)35(42)23-29-15-7-8-16-30(21-27-11-3-1-4-12-27)37(44)45-26-32(39-36(29)43)22-31-24-38-34-18-10-9-17-33(31)34/h1-14,17-18,24,29-30,32,38,41H,15-16,19-23,25-26H2,(H,39,43)/t29-,30+,32+/m1/s1. The number of fused-ring (bicyclic) bond motifs is 1. The van der Waals surface area contributed by atoms with Crippen LogP contribution in [-0.2, 0) is 38.5 Å². The van der Waals surface area contributed by atoms with Crippen LogP contribution in [-0.4, -0.2) is 58.6 Å². The van der Waals surface area contributed by atoms with Gasteiger partial charge in [-0.05, 0) is 48.4 Å². The van der Waals surface area contributed by atoms with Crippen molar-refractivity contribution in [3.63, 3.8) is 0 Å². The van der Waals surface area contributed by atoms with Gasteiger partial charge in [-0.1, -0.05) is 91.0 Å². The summed E-state index contributed by atoms with van der Waals surface area (Å²) in [7, 11) is 0. The van der Waals surface area contributed by atoms with Crippen LogP contribution < -0.4 is 5.32 Å². The van der Waals surface area contributed by atoms with Gasteiger partial charge < -0.3 is 25.0 Å². The van der Waals surface area contributed by atoms with Crippen LogP contribution in [0.5, 0.6) is 0 Å². The highest BCUT2D eigenvalue weighted by atomic mass is 16.5. The molecule has 0 spiro atoms. The third-order valence-corrected chi connectivity index (χ3v) is 8.31. The van der Waals surface area contributed by atoms with Gasteiger partial charge in [0.25, 0.3) is 0 Å². The molecule has 8 heteroatoms. The predicted octanol–water partition coefficient (Wildman–Crippen LogP) is 4.97. The minimum absolute atomic E-state index is 0.00392. The van der Waals surface area contributed by atoms with E-state index in [9.17, 15) is 19.5 Å². The summed E-state index contributed by atoms with van der Waals surface area (Å²) in [6.45, 7) is 0.379. The monoisotopic (exact) mass is 607 g/mol. The maximum absolute atomic E-state index is 13.8. The van der Waals surface area contributed by atoms with Crippen molar-refractivity contribution in [2.75, 3.05) is 19.8 Å².